The van der Waals surface area contributed by atoms with Crippen molar-refractivity contribution in [2.75, 3.05) is 13.1 Å². The first-order valence-electron chi connectivity index (χ1n) is 5.08. The van der Waals surface area contributed by atoms with E-state index in [-0.39, 0.29) is 18.0 Å². The monoisotopic (exact) mass is 286 g/mol. The van der Waals surface area contributed by atoms with Crippen molar-refractivity contribution in [1.29, 1.82) is 0 Å². The first kappa shape index (κ1) is 14.8. The summed E-state index contributed by atoms with van der Waals surface area (Å²) >= 11 is 0. The van der Waals surface area contributed by atoms with E-state index < -0.39 is 20.8 Å². The van der Waals surface area contributed by atoms with Gasteiger partial charge in [0.2, 0.25) is 10.0 Å². The summed E-state index contributed by atoms with van der Waals surface area (Å²) < 4.78 is 25.7. The second-order valence-electron chi connectivity index (χ2n) is 3.32. The van der Waals surface area contributed by atoms with Crippen LogP contribution in [0.1, 0.15) is 6.42 Å². The van der Waals surface area contributed by atoms with Crippen molar-refractivity contribution in [3.05, 3.63) is 38.9 Å². The normalized spacial score (nSPS) is 10.7. The maximum absolute atomic E-state index is 11.7. The predicted octanol–water partition coefficient (Wildman–Crippen LogP) is 0.968. The first-order chi connectivity index (χ1) is 8.97. The average molecular weight is 286 g/mol. The van der Waals surface area contributed by atoms with Crippen LogP contribution in [0.15, 0.2) is 28.3 Å². The molecule has 1 rings (SSSR count). The molecule has 0 spiro atoms. The molecule has 1 aromatic rings. The molecule has 102 valence electrons. The van der Waals surface area contributed by atoms with Gasteiger partial charge in [-0.25, -0.2) is 13.1 Å². The number of rotatable bonds is 7. The molecule has 1 aromatic heterocycles. The third-order valence-electron chi connectivity index (χ3n) is 2.01. The van der Waals surface area contributed by atoms with Gasteiger partial charge in [0.15, 0.2) is 6.20 Å². The van der Waals surface area contributed by atoms with E-state index in [4.69, 9.17) is 5.53 Å². The zero-order valence-electron chi connectivity index (χ0n) is 9.63. The van der Waals surface area contributed by atoms with Gasteiger partial charge in [-0.05, 0) is 27.9 Å². The van der Waals surface area contributed by atoms with Crippen molar-refractivity contribution in [2.45, 2.75) is 11.3 Å². The summed E-state index contributed by atoms with van der Waals surface area (Å²) in [7, 11) is -3.76. The van der Waals surface area contributed by atoms with Crippen LogP contribution in [0.5, 0.6) is 0 Å². The second-order valence-corrected chi connectivity index (χ2v) is 5.08. The summed E-state index contributed by atoms with van der Waals surface area (Å²) in [6.07, 6.45) is 1.26. The number of pyridine rings is 1. The zero-order chi connectivity index (χ0) is 14.3. The molecule has 0 saturated heterocycles. The van der Waals surface area contributed by atoms with E-state index >= 15 is 0 Å². The molecule has 0 aliphatic rings. The number of sulfonamides is 1. The lowest BCUT2D eigenvalue weighted by Crippen LogP contribution is -2.25. The average Bonchev–Trinajstić information content (AvgIpc) is 2.38. The standard InChI is InChI=1S/C8H10N6O4S/c9-13-11-4-1-5-12-19(17,18)7-2-3-8(10-6-7)14(15)16/h2-3,6,12H,1,4-5H2. The maximum Gasteiger partial charge on any atom is 0.363 e. The van der Waals surface area contributed by atoms with Gasteiger partial charge in [0.1, 0.15) is 4.90 Å². The van der Waals surface area contributed by atoms with E-state index in [9.17, 15) is 18.5 Å². The second kappa shape index (κ2) is 6.64. The van der Waals surface area contributed by atoms with Crippen LogP contribution in [0.25, 0.3) is 10.4 Å². The molecule has 11 heteroatoms. The van der Waals surface area contributed by atoms with Crippen LogP contribution in [-0.4, -0.2) is 31.4 Å². The lowest BCUT2D eigenvalue weighted by molar-refractivity contribution is -0.389. The van der Waals surface area contributed by atoms with Crippen LogP contribution in [0.3, 0.4) is 0 Å². The van der Waals surface area contributed by atoms with E-state index in [0.717, 1.165) is 18.3 Å². The highest BCUT2D eigenvalue weighted by molar-refractivity contribution is 7.89. The highest BCUT2D eigenvalue weighted by Gasteiger charge is 2.17. The third kappa shape index (κ3) is 4.50. The molecule has 1 heterocycles. The Labute approximate surface area is 108 Å². The number of nitrogens with one attached hydrogen (secondary N) is 1. The Hall–Kier alpha value is -2.23. The van der Waals surface area contributed by atoms with E-state index in [1.54, 1.807) is 0 Å². The largest absolute Gasteiger partial charge is 0.363 e. The van der Waals surface area contributed by atoms with Crippen molar-refractivity contribution >= 4 is 15.8 Å². The Morgan fingerprint density at radius 3 is 2.79 bits per heavy atom. The minimum atomic E-state index is -3.76. The molecular weight excluding hydrogens is 276 g/mol. The van der Waals surface area contributed by atoms with Crippen molar-refractivity contribution < 1.29 is 13.3 Å². The summed E-state index contributed by atoms with van der Waals surface area (Å²) in [5.74, 6) is -0.428. The summed E-state index contributed by atoms with van der Waals surface area (Å²) in [4.78, 5) is 15.4. The van der Waals surface area contributed by atoms with Gasteiger partial charge in [-0.15, -0.1) is 0 Å². The van der Waals surface area contributed by atoms with Gasteiger partial charge in [-0.2, -0.15) is 0 Å². The smallest absolute Gasteiger partial charge is 0.358 e. The number of hydrogen-bond donors (Lipinski definition) is 1. The Bertz CT molecular complexity index is 592. The molecule has 1 N–H and O–H groups in total. The van der Waals surface area contributed by atoms with Gasteiger partial charge < -0.3 is 10.1 Å². The summed E-state index contributed by atoms with van der Waals surface area (Å²) in [6, 6.07) is 2.11. The molecule has 0 bridgehead atoms. The lowest BCUT2D eigenvalue weighted by Gasteiger charge is -2.03. The van der Waals surface area contributed by atoms with E-state index in [1.807, 2.05) is 0 Å². The van der Waals surface area contributed by atoms with Crippen LogP contribution in [0.2, 0.25) is 0 Å². The van der Waals surface area contributed by atoms with Gasteiger partial charge in [0.25, 0.3) is 0 Å². The van der Waals surface area contributed by atoms with Gasteiger partial charge >= 0.3 is 5.82 Å². The Balaban J connectivity index is 2.66. The molecule has 0 aliphatic heterocycles. The number of nitrogens with zero attached hydrogens (tertiary/aromatic N) is 5. The SMILES string of the molecule is [N-]=[N+]=NCCCNS(=O)(=O)c1ccc([N+](=O)[O-])nc1. The number of nitro groups is 1. The minimum absolute atomic E-state index is 0.0956. The number of azide groups is 1. The van der Waals surface area contributed by atoms with Crippen LogP contribution in [0, 0.1) is 10.1 Å². The third-order valence-corrected chi connectivity index (χ3v) is 3.45. The number of hydrogen-bond acceptors (Lipinski definition) is 6. The summed E-state index contributed by atoms with van der Waals surface area (Å²) in [5.41, 5.74) is 8.03. The zero-order valence-corrected chi connectivity index (χ0v) is 10.4. The molecule has 0 fully saturated rings. The topological polar surface area (TPSA) is 151 Å². The van der Waals surface area contributed by atoms with Crippen LogP contribution < -0.4 is 4.72 Å². The highest BCUT2D eigenvalue weighted by atomic mass is 32.2. The van der Waals surface area contributed by atoms with Gasteiger partial charge in [-0.3, -0.25) is 0 Å². The van der Waals surface area contributed by atoms with Crippen molar-refractivity contribution in [3.63, 3.8) is 0 Å². The minimum Gasteiger partial charge on any atom is -0.358 e. The quantitative estimate of drug-likeness (QED) is 0.198. The highest BCUT2D eigenvalue weighted by Crippen LogP contribution is 2.11. The fourth-order valence-corrected chi connectivity index (χ4v) is 2.14. The van der Waals surface area contributed by atoms with E-state index in [0.29, 0.717) is 6.42 Å². The molecular formula is C8H10N6O4S. The fraction of sp³-hybridized carbons (Fsp3) is 0.375. The lowest BCUT2D eigenvalue weighted by atomic mass is 10.4. The first-order valence-corrected chi connectivity index (χ1v) is 6.56. The molecule has 0 saturated carbocycles. The molecule has 0 atom stereocenters. The van der Waals surface area contributed by atoms with Crippen LogP contribution in [-0.2, 0) is 10.0 Å². The summed E-state index contributed by atoms with van der Waals surface area (Å²) in [5, 5.41) is 13.6. The molecule has 0 radical (unpaired) electrons. The van der Waals surface area contributed by atoms with Gasteiger partial charge in [-0.1, -0.05) is 5.11 Å². The molecule has 0 amide bonds. The van der Waals surface area contributed by atoms with E-state index in [1.165, 1.54) is 0 Å². The molecule has 0 unspecified atom stereocenters. The predicted molar refractivity (Wildman–Crippen MR) is 64.7 cm³/mol. The van der Waals surface area contributed by atoms with Gasteiger partial charge in [0.05, 0.1) is 0 Å². The number of aromatic nitrogens is 1. The molecule has 10 nitrogen and oxygen atoms in total. The van der Waals surface area contributed by atoms with Crippen molar-refractivity contribution in [1.82, 2.24) is 9.71 Å². The molecule has 19 heavy (non-hydrogen) atoms. The van der Waals surface area contributed by atoms with E-state index in [2.05, 4.69) is 19.7 Å². The summed E-state index contributed by atoms with van der Waals surface area (Å²) in [6.45, 7) is 0.274. The van der Waals surface area contributed by atoms with Crippen molar-refractivity contribution in [3.8, 4) is 0 Å². The molecule has 0 aromatic carbocycles. The van der Waals surface area contributed by atoms with Crippen LogP contribution >= 0.6 is 0 Å². The molecule has 0 aliphatic carbocycles. The Morgan fingerprint density at radius 2 is 2.26 bits per heavy atom. The maximum atomic E-state index is 11.7. The Kier molecular flexibility index (Phi) is 5.18. The van der Waals surface area contributed by atoms with Crippen molar-refractivity contribution in [2.24, 2.45) is 5.11 Å². The Morgan fingerprint density at radius 1 is 1.53 bits per heavy atom. The van der Waals surface area contributed by atoms with Gasteiger partial charge in [0, 0.05) is 24.1 Å². The fourth-order valence-electron chi connectivity index (χ4n) is 1.12. The van der Waals surface area contributed by atoms with Crippen LogP contribution in [0.4, 0.5) is 5.82 Å².